The predicted octanol–water partition coefficient (Wildman–Crippen LogP) is 4.03. The number of nitrogens with zero attached hydrogens (tertiary/aromatic N) is 2. The molecule has 0 aliphatic heterocycles. The van der Waals surface area contributed by atoms with E-state index >= 15 is 0 Å². The molecule has 0 saturated carbocycles. The zero-order valence-corrected chi connectivity index (χ0v) is 16.7. The van der Waals surface area contributed by atoms with Crippen molar-refractivity contribution in [1.29, 1.82) is 0 Å². The van der Waals surface area contributed by atoms with Crippen LogP contribution in [0, 0.1) is 13.8 Å². The molecule has 7 heteroatoms. The average Bonchev–Trinajstić information content (AvgIpc) is 2.81. The van der Waals surface area contributed by atoms with Crippen LogP contribution in [-0.4, -0.2) is 34.4 Å². The first-order valence-corrected chi connectivity index (χ1v) is 9.35. The lowest BCUT2D eigenvalue weighted by atomic mass is 10.3. The summed E-state index contributed by atoms with van der Waals surface area (Å²) in [6, 6.07) is 7.54. The molecule has 2 aromatic rings. The monoisotopic (exact) mass is 411 g/mol. The van der Waals surface area contributed by atoms with Gasteiger partial charge in [0, 0.05) is 29.5 Å². The van der Waals surface area contributed by atoms with Crippen molar-refractivity contribution in [3.05, 3.63) is 40.1 Å². The van der Waals surface area contributed by atoms with Gasteiger partial charge in [-0.25, -0.2) is 4.98 Å². The minimum absolute atomic E-state index is 0.0427. The van der Waals surface area contributed by atoms with Crippen LogP contribution in [0.2, 0.25) is 0 Å². The van der Waals surface area contributed by atoms with Gasteiger partial charge in [0.1, 0.15) is 0 Å². The van der Waals surface area contributed by atoms with Crippen LogP contribution in [0.4, 0.5) is 5.69 Å². The van der Waals surface area contributed by atoms with Gasteiger partial charge in [-0.3, -0.25) is 4.79 Å². The number of rotatable bonds is 7. The lowest BCUT2D eigenvalue weighted by Gasteiger charge is -2.14. The molecule has 1 aromatic heterocycles. The summed E-state index contributed by atoms with van der Waals surface area (Å²) in [5.74, 6) is -0.0427. The number of benzene rings is 1. The van der Waals surface area contributed by atoms with Crippen LogP contribution >= 0.6 is 27.7 Å². The van der Waals surface area contributed by atoms with Gasteiger partial charge in [-0.2, -0.15) is 0 Å². The van der Waals surface area contributed by atoms with Gasteiger partial charge in [0.05, 0.1) is 17.6 Å². The number of nitrogens with one attached hydrogen (secondary N) is 1. The lowest BCUT2D eigenvalue weighted by Crippen LogP contribution is -2.23. The summed E-state index contributed by atoms with van der Waals surface area (Å²) in [5, 5.41) is 3.52. The summed E-state index contributed by atoms with van der Waals surface area (Å²) in [5.41, 5.74) is 2.87. The van der Waals surface area contributed by atoms with Crippen LogP contribution in [0.15, 0.2) is 33.9 Å². The van der Waals surface area contributed by atoms with E-state index in [4.69, 9.17) is 4.74 Å². The van der Waals surface area contributed by atoms with Crippen molar-refractivity contribution in [2.24, 2.45) is 0 Å². The van der Waals surface area contributed by atoms with E-state index in [1.54, 1.807) is 7.11 Å². The molecule has 1 N–H and O–H groups in total. The Morgan fingerprint density at radius 3 is 2.67 bits per heavy atom. The number of carbonyl (C=O) groups excluding carboxylic acids is 1. The average molecular weight is 412 g/mol. The zero-order valence-electron chi connectivity index (χ0n) is 14.3. The first-order valence-electron chi connectivity index (χ1n) is 7.68. The van der Waals surface area contributed by atoms with Gasteiger partial charge in [0.25, 0.3) is 0 Å². The maximum Gasteiger partial charge on any atom is 0.237 e. The molecule has 2 rings (SSSR count). The summed E-state index contributed by atoms with van der Waals surface area (Å²) < 4.78 is 8.25. The SMILES string of the molecule is COCCn1c(SC(C)C(=O)Nc2ccc(Br)cc2)nc(C)c1C. The maximum atomic E-state index is 12.4. The zero-order chi connectivity index (χ0) is 17.7. The smallest absolute Gasteiger partial charge is 0.237 e. The highest BCUT2D eigenvalue weighted by molar-refractivity contribution is 9.10. The molecule has 130 valence electrons. The summed E-state index contributed by atoms with van der Waals surface area (Å²) >= 11 is 4.85. The van der Waals surface area contributed by atoms with E-state index in [1.807, 2.05) is 45.0 Å². The molecule has 0 saturated heterocycles. The molecule has 1 aromatic carbocycles. The number of aromatic nitrogens is 2. The van der Waals surface area contributed by atoms with Crippen molar-refractivity contribution < 1.29 is 9.53 Å². The van der Waals surface area contributed by atoms with Crippen molar-refractivity contribution in [3.8, 4) is 0 Å². The second-order valence-electron chi connectivity index (χ2n) is 5.47. The quantitative estimate of drug-likeness (QED) is 0.698. The molecule has 0 aliphatic rings. The van der Waals surface area contributed by atoms with Gasteiger partial charge in [-0.1, -0.05) is 27.7 Å². The number of halogens is 1. The summed E-state index contributed by atoms with van der Waals surface area (Å²) in [6.45, 7) is 7.25. The largest absolute Gasteiger partial charge is 0.383 e. The van der Waals surface area contributed by atoms with Gasteiger partial charge in [0.2, 0.25) is 5.91 Å². The van der Waals surface area contributed by atoms with Gasteiger partial charge in [0.15, 0.2) is 5.16 Å². The Bertz CT molecular complexity index is 701. The Kier molecular flexibility index (Phi) is 6.89. The van der Waals surface area contributed by atoms with E-state index in [-0.39, 0.29) is 11.2 Å². The van der Waals surface area contributed by atoms with Crippen molar-refractivity contribution in [2.45, 2.75) is 37.7 Å². The number of carbonyl (C=O) groups is 1. The normalized spacial score (nSPS) is 12.2. The Balaban J connectivity index is 2.05. The minimum Gasteiger partial charge on any atom is -0.383 e. The second-order valence-corrected chi connectivity index (χ2v) is 7.69. The third kappa shape index (κ3) is 4.84. The molecule has 1 heterocycles. The lowest BCUT2D eigenvalue weighted by molar-refractivity contribution is -0.115. The Morgan fingerprint density at radius 2 is 2.04 bits per heavy atom. The molecule has 24 heavy (non-hydrogen) atoms. The predicted molar refractivity (Wildman–Crippen MR) is 102 cm³/mol. The minimum atomic E-state index is -0.254. The van der Waals surface area contributed by atoms with Crippen molar-refractivity contribution in [1.82, 2.24) is 9.55 Å². The first kappa shape index (κ1) is 19.0. The standard InChI is InChI=1S/C17H22BrN3O2S/c1-11-12(2)21(9-10-23-4)17(19-11)24-13(3)16(22)20-15-7-5-14(18)6-8-15/h5-8,13H,9-10H2,1-4H3,(H,20,22). The van der Waals surface area contributed by atoms with E-state index in [0.29, 0.717) is 6.61 Å². The van der Waals surface area contributed by atoms with E-state index in [2.05, 4.69) is 30.8 Å². The number of hydrogen-bond acceptors (Lipinski definition) is 4. The van der Waals surface area contributed by atoms with Crippen LogP contribution in [0.3, 0.4) is 0 Å². The third-order valence-electron chi connectivity index (χ3n) is 3.70. The molecule has 1 amide bonds. The summed E-state index contributed by atoms with van der Waals surface area (Å²) in [4.78, 5) is 17.0. The summed E-state index contributed by atoms with van der Waals surface area (Å²) in [7, 11) is 1.68. The Morgan fingerprint density at radius 1 is 1.38 bits per heavy atom. The fourth-order valence-corrected chi connectivity index (χ4v) is 3.44. The topological polar surface area (TPSA) is 56.1 Å². The first-order chi connectivity index (χ1) is 11.4. The van der Waals surface area contributed by atoms with Crippen molar-refractivity contribution in [2.75, 3.05) is 19.0 Å². The van der Waals surface area contributed by atoms with E-state index in [9.17, 15) is 4.79 Å². The Labute approximate surface area is 155 Å². The number of aryl methyl sites for hydroxylation is 1. The number of ether oxygens (including phenoxy) is 1. The van der Waals surface area contributed by atoms with E-state index in [1.165, 1.54) is 11.8 Å². The number of thioether (sulfide) groups is 1. The highest BCUT2D eigenvalue weighted by Crippen LogP contribution is 2.26. The highest BCUT2D eigenvalue weighted by atomic mass is 79.9. The molecule has 0 spiro atoms. The molecule has 0 fully saturated rings. The van der Waals surface area contributed by atoms with E-state index < -0.39 is 0 Å². The van der Waals surface area contributed by atoms with Crippen LogP contribution in [-0.2, 0) is 16.1 Å². The second kappa shape index (κ2) is 8.69. The van der Waals surface area contributed by atoms with Crippen LogP contribution < -0.4 is 5.32 Å². The Hall–Kier alpha value is -1.31. The molecule has 1 atom stereocenters. The summed E-state index contributed by atoms with van der Waals surface area (Å²) in [6.07, 6.45) is 0. The van der Waals surface area contributed by atoms with Gasteiger partial charge in [-0.15, -0.1) is 0 Å². The molecule has 0 aliphatic carbocycles. The number of anilines is 1. The van der Waals surface area contributed by atoms with Crippen molar-refractivity contribution >= 4 is 39.3 Å². The van der Waals surface area contributed by atoms with Gasteiger partial charge >= 0.3 is 0 Å². The number of hydrogen-bond donors (Lipinski definition) is 1. The molecule has 5 nitrogen and oxygen atoms in total. The molecule has 0 radical (unpaired) electrons. The van der Waals surface area contributed by atoms with Crippen molar-refractivity contribution in [3.63, 3.8) is 0 Å². The highest BCUT2D eigenvalue weighted by Gasteiger charge is 2.19. The van der Waals surface area contributed by atoms with Gasteiger partial charge < -0.3 is 14.6 Å². The molecular formula is C17H22BrN3O2S. The molecule has 0 bridgehead atoms. The maximum absolute atomic E-state index is 12.4. The van der Waals surface area contributed by atoms with Gasteiger partial charge in [-0.05, 0) is 45.0 Å². The number of methoxy groups -OCH3 is 1. The molecule has 1 unspecified atom stereocenters. The third-order valence-corrected chi connectivity index (χ3v) is 5.32. The number of amides is 1. The fourth-order valence-electron chi connectivity index (χ4n) is 2.15. The molecular weight excluding hydrogens is 390 g/mol. The fraction of sp³-hybridized carbons (Fsp3) is 0.412. The van der Waals surface area contributed by atoms with Crippen LogP contribution in [0.1, 0.15) is 18.3 Å². The van der Waals surface area contributed by atoms with E-state index in [0.717, 1.165) is 33.2 Å². The number of imidazole rings is 1. The van der Waals surface area contributed by atoms with Crippen LogP contribution in [0.5, 0.6) is 0 Å². The van der Waals surface area contributed by atoms with Crippen LogP contribution in [0.25, 0.3) is 0 Å².